The standard InChI is InChI=1S/C23H23F2N3O5S/c1-4-32-19-12-14(5-10-18(19)29)11-17-21(31)28(23(27-17)34-13(2)20(30)26-3)15-6-8-16(9-7-15)33-22(24)25/h5-13,22,29H,4H2,1-3H3,(H,26,30)/b17-11-. The third-order valence-electron chi connectivity index (χ3n) is 4.63. The maximum absolute atomic E-state index is 13.3. The number of anilines is 1. The second kappa shape index (κ2) is 11.0. The van der Waals surface area contributed by atoms with Gasteiger partial charge in [-0.3, -0.25) is 14.5 Å². The van der Waals surface area contributed by atoms with Gasteiger partial charge in [-0.05, 0) is 61.9 Å². The zero-order chi connectivity index (χ0) is 24.8. The molecule has 0 radical (unpaired) electrons. The van der Waals surface area contributed by atoms with Crippen LogP contribution in [0.15, 0.2) is 53.2 Å². The van der Waals surface area contributed by atoms with Crippen LogP contribution in [0, 0.1) is 0 Å². The predicted molar refractivity (Wildman–Crippen MR) is 126 cm³/mol. The summed E-state index contributed by atoms with van der Waals surface area (Å²) < 4.78 is 34.7. The summed E-state index contributed by atoms with van der Waals surface area (Å²) in [5.74, 6) is -0.550. The van der Waals surface area contributed by atoms with Gasteiger partial charge in [0.25, 0.3) is 5.91 Å². The number of phenols is 1. The van der Waals surface area contributed by atoms with Gasteiger partial charge in [0.1, 0.15) is 11.4 Å². The molecule has 2 aromatic rings. The number of carbonyl (C=O) groups excluding carboxylic acids is 2. The third kappa shape index (κ3) is 5.84. The second-order valence-electron chi connectivity index (χ2n) is 6.97. The van der Waals surface area contributed by atoms with Gasteiger partial charge < -0.3 is 19.9 Å². The van der Waals surface area contributed by atoms with Crippen LogP contribution in [-0.4, -0.2) is 47.6 Å². The van der Waals surface area contributed by atoms with Crippen molar-refractivity contribution in [2.75, 3.05) is 18.6 Å². The van der Waals surface area contributed by atoms with Crippen LogP contribution in [0.1, 0.15) is 19.4 Å². The van der Waals surface area contributed by atoms with Crippen molar-refractivity contribution in [3.05, 3.63) is 53.7 Å². The number of nitrogens with zero attached hydrogens (tertiary/aromatic N) is 2. The summed E-state index contributed by atoms with van der Waals surface area (Å²) >= 11 is 1.08. The first kappa shape index (κ1) is 25.0. The molecule has 11 heteroatoms. The molecule has 0 spiro atoms. The van der Waals surface area contributed by atoms with E-state index < -0.39 is 17.8 Å². The van der Waals surface area contributed by atoms with E-state index in [0.717, 1.165) is 11.8 Å². The molecule has 1 atom stereocenters. The lowest BCUT2D eigenvalue weighted by Crippen LogP contribution is -2.34. The number of hydrogen-bond donors (Lipinski definition) is 2. The van der Waals surface area contributed by atoms with Crippen molar-refractivity contribution in [1.82, 2.24) is 5.32 Å². The number of alkyl halides is 2. The number of nitrogens with one attached hydrogen (secondary N) is 1. The normalized spacial score (nSPS) is 15.5. The number of ether oxygens (including phenoxy) is 2. The molecule has 0 saturated carbocycles. The molecule has 3 rings (SSSR count). The Morgan fingerprint density at radius 3 is 2.59 bits per heavy atom. The average Bonchev–Trinajstić information content (AvgIpc) is 3.10. The summed E-state index contributed by atoms with van der Waals surface area (Å²) in [5.41, 5.74) is 1.03. The highest BCUT2D eigenvalue weighted by atomic mass is 32.2. The number of halogens is 2. The van der Waals surface area contributed by atoms with Crippen LogP contribution in [0.5, 0.6) is 17.2 Å². The van der Waals surface area contributed by atoms with Gasteiger partial charge >= 0.3 is 6.61 Å². The average molecular weight is 492 g/mol. The summed E-state index contributed by atoms with van der Waals surface area (Å²) in [6, 6.07) is 10.2. The molecule has 8 nitrogen and oxygen atoms in total. The monoisotopic (exact) mass is 491 g/mol. The molecule has 0 saturated heterocycles. The molecule has 1 unspecified atom stereocenters. The van der Waals surface area contributed by atoms with Gasteiger partial charge in [0.05, 0.1) is 17.5 Å². The van der Waals surface area contributed by atoms with Crippen molar-refractivity contribution in [3.8, 4) is 17.2 Å². The third-order valence-corrected chi connectivity index (χ3v) is 5.69. The first-order valence-corrected chi connectivity index (χ1v) is 11.1. The van der Waals surface area contributed by atoms with Gasteiger partial charge in [-0.15, -0.1) is 0 Å². The van der Waals surface area contributed by atoms with Crippen molar-refractivity contribution in [3.63, 3.8) is 0 Å². The fourth-order valence-corrected chi connectivity index (χ4v) is 4.03. The number of benzene rings is 2. The maximum atomic E-state index is 13.3. The Morgan fingerprint density at radius 2 is 1.97 bits per heavy atom. The maximum Gasteiger partial charge on any atom is 0.387 e. The zero-order valence-corrected chi connectivity index (χ0v) is 19.4. The zero-order valence-electron chi connectivity index (χ0n) is 18.6. The first-order valence-electron chi connectivity index (χ1n) is 10.3. The Kier molecular flexibility index (Phi) is 8.11. The molecule has 1 aliphatic rings. The molecular weight excluding hydrogens is 468 g/mol. The number of rotatable bonds is 8. The Labute approximate surface area is 199 Å². The van der Waals surface area contributed by atoms with E-state index in [1.165, 1.54) is 48.4 Å². The minimum absolute atomic E-state index is 0.0337. The van der Waals surface area contributed by atoms with Gasteiger partial charge in [-0.2, -0.15) is 8.78 Å². The van der Waals surface area contributed by atoms with Gasteiger partial charge in [-0.1, -0.05) is 17.8 Å². The molecule has 180 valence electrons. The smallest absolute Gasteiger partial charge is 0.387 e. The van der Waals surface area contributed by atoms with Crippen LogP contribution in [0.3, 0.4) is 0 Å². The van der Waals surface area contributed by atoms with Crippen molar-refractivity contribution in [2.45, 2.75) is 25.7 Å². The van der Waals surface area contributed by atoms with Crippen LogP contribution in [0.2, 0.25) is 0 Å². The largest absolute Gasteiger partial charge is 0.504 e. The van der Waals surface area contributed by atoms with Crippen molar-refractivity contribution in [1.29, 1.82) is 0 Å². The van der Waals surface area contributed by atoms with E-state index in [-0.39, 0.29) is 34.0 Å². The van der Waals surface area contributed by atoms with Crippen molar-refractivity contribution >= 4 is 40.5 Å². The summed E-state index contributed by atoms with van der Waals surface area (Å²) in [6.45, 7) is 0.829. The highest BCUT2D eigenvalue weighted by molar-refractivity contribution is 8.15. The lowest BCUT2D eigenvalue weighted by molar-refractivity contribution is -0.119. The Morgan fingerprint density at radius 1 is 1.26 bits per heavy atom. The van der Waals surface area contributed by atoms with Gasteiger partial charge in [0.15, 0.2) is 16.7 Å². The number of thioether (sulfide) groups is 1. The van der Waals surface area contributed by atoms with E-state index in [9.17, 15) is 23.5 Å². The number of phenolic OH excluding ortho intramolecular Hbond substituents is 1. The van der Waals surface area contributed by atoms with Crippen LogP contribution in [0.25, 0.3) is 6.08 Å². The van der Waals surface area contributed by atoms with Gasteiger partial charge in [0, 0.05) is 7.05 Å². The van der Waals surface area contributed by atoms with Gasteiger partial charge in [0.2, 0.25) is 5.91 Å². The molecule has 1 heterocycles. The first-order chi connectivity index (χ1) is 16.2. The van der Waals surface area contributed by atoms with Crippen LogP contribution < -0.4 is 19.7 Å². The number of amidine groups is 1. The van der Waals surface area contributed by atoms with Crippen LogP contribution in [-0.2, 0) is 9.59 Å². The number of aliphatic imine (C=N–C) groups is 1. The van der Waals surface area contributed by atoms with Crippen LogP contribution in [0.4, 0.5) is 14.5 Å². The number of amides is 2. The molecule has 0 aliphatic carbocycles. The number of carbonyl (C=O) groups is 2. The van der Waals surface area contributed by atoms with E-state index in [2.05, 4.69) is 15.0 Å². The molecule has 0 aromatic heterocycles. The van der Waals surface area contributed by atoms with E-state index in [1.54, 1.807) is 26.0 Å². The molecule has 1 aliphatic heterocycles. The Balaban J connectivity index is 1.97. The topological polar surface area (TPSA) is 100 Å². The molecule has 2 amide bonds. The fraction of sp³-hybridized carbons (Fsp3) is 0.261. The van der Waals surface area contributed by atoms with E-state index in [0.29, 0.717) is 17.9 Å². The summed E-state index contributed by atoms with van der Waals surface area (Å²) in [7, 11) is 1.51. The molecule has 34 heavy (non-hydrogen) atoms. The summed E-state index contributed by atoms with van der Waals surface area (Å²) in [6.07, 6.45) is 1.53. The number of aromatic hydroxyl groups is 1. The fourth-order valence-electron chi connectivity index (χ4n) is 3.04. The van der Waals surface area contributed by atoms with E-state index in [4.69, 9.17) is 4.74 Å². The molecule has 0 fully saturated rings. The number of hydrogen-bond acceptors (Lipinski definition) is 7. The molecule has 2 aromatic carbocycles. The van der Waals surface area contributed by atoms with Crippen molar-refractivity contribution in [2.24, 2.45) is 4.99 Å². The minimum atomic E-state index is -2.97. The summed E-state index contributed by atoms with van der Waals surface area (Å²) in [5, 5.41) is 12.2. The SMILES string of the molecule is CCOc1cc(/C=C2\N=C(SC(C)C(=O)NC)N(c3ccc(OC(F)F)cc3)C2=O)ccc1O. The minimum Gasteiger partial charge on any atom is -0.504 e. The Hall–Kier alpha value is -3.60. The second-order valence-corrected chi connectivity index (χ2v) is 8.28. The Bertz CT molecular complexity index is 1120. The highest BCUT2D eigenvalue weighted by Crippen LogP contribution is 2.33. The molecular formula is C23H23F2N3O5S. The van der Waals surface area contributed by atoms with Gasteiger partial charge in [-0.25, -0.2) is 4.99 Å². The quantitative estimate of drug-likeness (QED) is 0.542. The highest BCUT2D eigenvalue weighted by Gasteiger charge is 2.34. The predicted octanol–water partition coefficient (Wildman–Crippen LogP) is 4.00. The van der Waals surface area contributed by atoms with Crippen molar-refractivity contribution < 1.29 is 33.0 Å². The van der Waals surface area contributed by atoms with E-state index in [1.807, 2.05) is 0 Å². The lowest BCUT2D eigenvalue weighted by atomic mass is 10.1. The van der Waals surface area contributed by atoms with E-state index >= 15 is 0 Å². The molecule has 0 bridgehead atoms. The lowest BCUT2D eigenvalue weighted by Gasteiger charge is -2.20. The van der Waals surface area contributed by atoms with Crippen LogP contribution >= 0.6 is 11.8 Å². The molecule has 2 N–H and O–H groups in total. The summed E-state index contributed by atoms with van der Waals surface area (Å²) in [4.78, 5) is 31.1.